The van der Waals surface area contributed by atoms with Gasteiger partial charge in [-0.15, -0.1) is 24.2 Å². The number of likely N-dealkylation sites (tertiary alicyclic amines) is 1. The number of hydrogen-bond donors (Lipinski definition) is 0. The van der Waals surface area contributed by atoms with Crippen LogP contribution < -0.4 is 4.74 Å². The molecule has 0 aliphatic carbocycles. The summed E-state index contributed by atoms with van der Waals surface area (Å²) in [5.41, 5.74) is 2.51. The molecule has 2 aromatic carbocycles. The third-order valence-corrected chi connectivity index (χ3v) is 6.31. The van der Waals surface area contributed by atoms with Gasteiger partial charge in [0.15, 0.2) is 0 Å². The van der Waals surface area contributed by atoms with Crippen molar-refractivity contribution in [2.24, 2.45) is 0 Å². The van der Waals surface area contributed by atoms with Gasteiger partial charge in [-0.1, -0.05) is 42.3 Å². The Kier molecular flexibility index (Phi) is 6.56. The van der Waals surface area contributed by atoms with E-state index >= 15 is 0 Å². The molecule has 2 aromatic rings. The number of hydrogen-bond acceptors (Lipinski definition) is 3. The van der Waals surface area contributed by atoms with E-state index in [9.17, 15) is 0 Å². The van der Waals surface area contributed by atoms with Gasteiger partial charge >= 0.3 is 0 Å². The van der Waals surface area contributed by atoms with E-state index in [-0.39, 0.29) is 12.4 Å². The van der Waals surface area contributed by atoms with Gasteiger partial charge in [-0.3, -0.25) is 0 Å². The minimum atomic E-state index is 0. The third kappa shape index (κ3) is 4.28. The number of fused-ring (bicyclic) bond motifs is 2. The number of thioether (sulfide) groups is 1. The van der Waals surface area contributed by atoms with Crippen molar-refractivity contribution in [2.45, 2.75) is 24.5 Å². The maximum Gasteiger partial charge on any atom is 0.133 e. The first-order chi connectivity index (χ1) is 11.8. The smallest absolute Gasteiger partial charge is 0.133 e. The van der Waals surface area contributed by atoms with E-state index in [2.05, 4.69) is 29.2 Å². The molecule has 0 bridgehead atoms. The summed E-state index contributed by atoms with van der Waals surface area (Å²) in [5.74, 6) is 3.00. The van der Waals surface area contributed by atoms with E-state index in [1.807, 2.05) is 30.0 Å². The van der Waals surface area contributed by atoms with Crippen LogP contribution in [0.5, 0.6) is 11.5 Å². The van der Waals surface area contributed by atoms with Crippen LogP contribution in [0, 0.1) is 0 Å². The van der Waals surface area contributed by atoms with Crippen molar-refractivity contribution in [1.82, 2.24) is 4.90 Å². The molecule has 4 rings (SSSR count). The zero-order chi connectivity index (χ0) is 16.4. The fourth-order valence-electron chi connectivity index (χ4n) is 3.55. The van der Waals surface area contributed by atoms with Crippen LogP contribution >= 0.6 is 35.8 Å². The standard InChI is InChI=1S/C20H22ClNOS.ClH/c21-15-8-9-17-19(14-15)23-18-7-3-2-6-16(18)20(17)24-13-12-22-10-4-1-5-11-22;/h2-3,6-9,14,20H,1,4-5,10-13H2;1H. The average molecular weight is 396 g/mol. The number of para-hydroxylation sites is 1. The van der Waals surface area contributed by atoms with E-state index in [4.69, 9.17) is 16.3 Å². The summed E-state index contributed by atoms with van der Waals surface area (Å²) in [6.07, 6.45) is 4.10. The van der Waals surface area contributed by atoms with Gasteiger partial charge in [-0.2, -0.15) is 0 Å². The van der Waals surface area contributed by atoms with Crippen molar-refractivity contribution >= 4 is 35.8 Å². The number of ether oxygens (including phenoxy) is 1. The Morgan fingerprint density at radius 3 is 2.60 bits per heavy atom. The Balaban J connectivity index is 0.00000182. The van der Waals surface area contributed by atoms with Crippen LogP contribution in [0.1, 0.15) is 35.6 Å². The topological polar surface area (TPSA) is 12.5 Å². The maximum absolute atomic E-state index is 6.16. The molecule has 1 atom stereocenters. The normalized spacial score (nSPS) is 19.3. The third-order valence-electron chi connectivity index (χ3n) is 4.82. The second-order valence-corrected chi connectivity index (χ2v) is 8.12. The van der Waals surface area contributed by atoms with Crippen LogP contribution in [0.25, 0.3) is 0 Å². The van der Waals surface area contributed by atoms with Crippen molar-refractivity contribution in [1.29, 1.82) is 0 Å². The van der Waals surface area contributed by atoms with Gasteiger partial charge in [0.05, 0.1) is 5.25 Å². The first-order valence-electron chi connectivity index (χ1n) is 8.71. The van der Waals surface area contributed by atoms with Crippen molar-refractivity contribution in [3.63, 3.8) is 0 Å². The molecule has 0 N–H and O–H groups in total. The van der Waals surface area contributed by atoms with E-state index in [0.717, 1.165) is 22.3 Å². The highest BCUT2D eigenvalue weighted by Crippen LogP contribution is 2.49. The fourth-order valence-corrected chi connectivity index (χ4v) is 5.06. The first-order valence-corrected chi connectivity index (χ1v) is 10.1. The molecule has 2 aliphatic rings. The van der Waals surface area contributed by atoms with Gasteiger partial charge < -0.3 is 9.64 Å². The van der Waals surface area contributed by atoms with Crippen molar-refractivity contribution in [2.75, 3.05) is 25.4 Å². The molecule has 0 spiro atoms. The number of rotatable bonds is 4. The van der Waals surface area contributed by atoms with E-state index in [0.29, 0.717) is 5.25 Å². The lowest BCUT2D eigenvalue weighted by Crippen LogP contribution is -2.31. The summed E-state index contributed by atoms with van der Waals surface area (Å²) in [6.45, 7) is 3.70. The lowest BCUT2D eigenvalue weighted by atomic mass is 10.00. The Hall–Kier alpha value is -0.870. The molecule has 2 aliphatic heterocycles. The zero-order valence-corrected chi connectivity index (χ0v) is 16.5. The predicted octanol–water partition coefficient (Wildman–Crippen LogP) is 6.18. The quantitative estimate of drug-likeness (QED) is 0.613. The molecule has 0 saturated carbocycles. The molecule has 25 heavy (non-hydrogen) atoms. The Morgan fingerprint density at radius 2 is 1.76 bits per heavy atom. The number of nitrogens with zero attached hydrogens (tertiary/aromatic N) is 1. The van der Waals surface area contributed by atoms with E-state index in [1.54, 1.807) is 0 Å². The summed E-state index contributed by atoms with van der Waals surface area (Å²) < 4.78 is 6.08. The molecule has 0 aromatic heterocycles. The number of piperidine rings is 1. The van der Waals surface area contributed by atoms with Gasteiger partial charge in [0, 0.05) is 28.4 Å². The van der Waals surface area contributed by atoms with Gasteiger partial charge in [0.2, 0.25) is 0 Å². The molecule has 0 amide bonds. The lowest BCUT2D eigenvalue weighted by molar-refractivity contribution is 0.242. The van der Waals surface area contributed by atoms with Crippen LogP contribution in [0.3, 0.4) is 0 Å². The van der Waals surface area contributed by atoms with Gasteiger partial charge in [0.25, 0.3) is 0 Å². The van der Waals surface area contributed by atoms with Crippen LogP contribution in [0.2, 0.25) is 5.02 Å². The van der Waals surface area contributed by atoms with Crippen molar-refractivity contribution < 1.29 is 4.74 Å². The summed E-state index contributed by atoms with van der Waals surface area (Å²) >= 11 is 8.18. The SMILES string of the molecule is Cl.Clc1ccc2c(c1)Oc1ccccc1C2SCCN1CCCCC1. The zero-order valence-electron chi connectivity index (χ0n) is 14.1. The van der Waals surface area contributed by atoms with Crippen LogP contribution in [-0.4, -0.2) is 30.3 Å². The number of benzene rings is 2. The van der Waals surface area contributed by atoms with Crippen molar-refractivity contribution in [3.05, 3.63) is 58.6 Å². The molecule has 134 valence electrons. The molecule has 1 unspecified atom stereocenters. The van der Waals surface area contributed by atoms with Crippen LogP contribution in [0.4, 0.5) is 0 Å². The molecular formula is C20H23Cl2NOS. The first kappa shape index (κ1) is 18.9. The van der Waals surface area contributed by atoms with Crippen LogP contribution in [0.15, 0.2) is 42.5 Å². The highest BCUT2D eigenvalue weighted by Gasteiger charge is 2.27. The maximum atomic E-state index is 6.16. The average Bonchev–Trinajstić information content (AvgIpc) is 2.62. The summed E-state index contributed by atoms with van der Waals surface area (Å²) in [6, 6.07) is 14.4. The highest BCUT2D eigenvalue weighted by atomic mass is 35.5. The monoisotopic (exact) mass is 395 g/mol. The molecular weight excluding hydrogens is 373 g/mol. The van der Waals surface area contributed by atoms with Crippen LogP contribution in [-0.2, 0) is 0 Å². The Bertz CT molecular complexity index is 719. The molecule has 1 fully saturated rings. The summed E-state index contributed by atoms with van der Waals surface area (Å²) in [7, 11) is 0. The minimum Gasteiger partial charge on any atom is -0.457 e. The molecule has 2 nitrogen and oxygen atoms in total. The highest BCUT2D eigenvalue weighted by molar-refractivity contribution is 7.99. The predicted molar refractivity (Wildman–Crippen MR) is 110 cm³/mol. The van der Waals surface area contributed by atoms with Crippen molar-refractivity contribution in [3.8, 4) is 11.5 Å². The van der Waals surface area contributed by atoms with Gasteiger partial charge in [-0.05, 0) is 44.1 Å². The minimum absolute atomic E-state index is 0. The largest absolute Gasteiger partial charge is 0.457 e. The Morgan fingerprint density at radius 1 is 1.00 bits per heavy atom. The van der Waals surface area contributed by atoms with Gasteiger partial charge in [-0.25, -0.2) is 0 Å². The fraction of sp³-hybridized carbons (Fsp3) is 0.400. The van der Waals surface area contributed by atoms with E-state index in [1.165, 1.54) is 50.0 Å². The summed E-state index contributed by atoms with van der Waals surface area (Å²) in [4.78, 5) is 2.60. The van der Waals surface area contributed by atoms with E-state index < -0.39 is 0 Å². The molecule has 0 radical (unpaired) electrons. The second kappa shape index (κ2) is 8.68. The Labute approximate surface area is 165 Å². The number of halogens is 2. The molecule has 2 heterocycles. The second-order valence-electron chi connectivity index (χ2n) is 6.48. The summed E-state index contributed by atoms with van der Waals surface area (Å²) in [5, 5.41) is 1.05. The molecule has 1 saturated heterocycles. The lowest BCUT2D eigenvalue weighted by Gasteiger charge is -2.30. The molecule has 5 heteroatoms. The van der Waals surface area contributed by atoms with Gasteiger partial charge in [0.1, 0.15) is 11.5 Å².